The third kappa shape index (κ3) is 10.9. The minimum Gasteiger partial charge on any atom is -0.393 e. The monoisotopic (exact) mass is 288 g/mol. The van der Waals surface area contributed by atoms with Gasteiger partial charge < -0.3 is 15.4 Å². The molecule has 0 aromatic heterocycles. The van der Waals surface area contributed by atoms with Crippen LogP contribution in [0.4, 0.5) is 0 Å². The van der Waals surface area contributed by atoms with Gasteiger partial charge in [-0.3, -0.25) is 4.79 Å². The number of nitrogens with two attached hydrogens (primary N) is 1. The molecule has 0 rings (SSSR count). The van der Waals surface area contributed by atoms with Crippen molar-refractivity contribution < 1.29 is 9.53 Å². The zero-order chi connectivity index (χ0) is 14.7. The third-order valence-corrected chi connectivity index (χ3v) is 3.28. The molecule has 19 heavy (non-hydrogen) atoms. The normalized spacial score (nSPS) is 12.2. The zero-order valence-corrected chi connectivity index (χ0v) is 13.3. The molecule has 1 atom stereocenters. The van der Waals surface area contributed by atoms with Crippen molar-refractivity contribution in [3.05, 3.63) is 0 Å². The maximum atomic E-state index is 11.8. The average molecular weight is 288 g/mol. The Morgan fingerprint density at radius 3 is 2.63 bits per heavy atom. The van der Waals surface area contributed by atoms with Gasteiger partial charge in [0.2, 0.25) is 5.91 Å². The lowest BCUT2D eigenvalue weighted by molar-refractivity contribution is -0.136. The number of likely N-dealkylation sites (N-methyl/N-ethyl adjacent to an activating group) is 1. The summed E-state index contributed by atoms with van der Waals surface area (Å²) in [5.74, 6) is -0.0170. The van der Waals surface area contributed by atoms with E-state index in [1.54, 1.807) is 11.9 Å². The summed E-state index contributed by atoms with van der Waals surface area (Å²) in [5, 5.41) is 0. The Morgan fingerprint density at radius 2 is 2.05 bits per heavy atom. The molecule has 1 amide bonds. The molecule has 0 aliphatic carbocycles. The Kier molecular flexibility index (Phi) is 10.8. The van der Waals surface area contributed by atoms with E-state index in [4.69, 9.17) is 22.7 Å². The van der Waals surface area contributed by atoms with Gasteiger partial charge in [-0.2, -0.15) is 0 Å². The Labute approximate surface area is 122 Å². The van der Waals surface area contributed by atoms with Gasteiger partial charge in [0.25, 0.3) is 0 Å². The fraction of sp³-hybridized carbons (Fsp3) is 0.857. The van der Waals surface area contributed by atoms with Crippen LogP contribution in [0.25, 0.3) is 0 Å². The van der Waals surface area contributed by atoms with E-state index in [0.717, 1.165) is 6.42 Å². The Morgan fingerprint density at radius 1 is 1.37 bits per heavy atom. The largest absolute Gasteiger partial charge is 0.393 e. The fourth-order valence-electron chi connectivity index (χ4n) is 1.67. The van der Waals surface area contributed by atoms with Crippen molar-refractivity contribution in [3.8, 4) is 0 Å². The van der Waals surface area contributed by atoms with Crippen molar-refractivity contribution in [1.82, 2.24) is 4.90 Å². The van der Waals surface area contributed by atoms with Crippen LogP contribution >= 0.6 is 12.2 Å². The molecule has 0 bridgehead atoms. The summed E-state index contributed by atoms with van der Waals surface area (Å²) in [4.78, 5) is 13.8. The predicted octanol–water partition coefficient (Wildman–Crippen LogP) is 2.50. The molecule has 0 spiro atoms. The van der Waals surface area contributed by atoms with E-state index in [1.807, 2.05) is 6.92 Å². The molecule has 0 aliphatic heterocycles. The zero-order valence-electron chi connectivity index (χ0n) is 12.5. The van der Waals surface area contributed by atoms with Crippen LogP contribution < -0.4 is 5.73 Å². The van der Waals surface area contributed by atoms with Gasteiger partial charge in [0.1, 0.15) is 6.61 Å². The molecular formula is C14H28N2O2S. The fourth-order valence-corrected chi connectivity index (χ4v) is 1.76. The molecule has 2 N–H and O–H groups in total. The summed E-state index contributed by atoms with van der Waals surface area (Å²) in [7, 11) is 1.75. The lowest BCUT2D eigenvalue weighted by Crippen LogP contribution is -2.33. The number of nitrogens with zero attached hydrogens (tertiary/aromatic N) is 1. The smallest absolute Gasteiger partial charge is 0.248 e. The molecule has 0 saturated heterocycles. The molecule has 0 heterocycles. The number of carbonyl (C=O) groups is 1. The number of unbranched alkanes of at least 4 members (excludes halogenated alkanes) is 3. The molecule has 1 unspecified atom stereocenters. The Hall–Kier alpha value is -0.680. The van der Waals surface area contributed by atoms with Crippen LogP contribution in [0.5, 0.6) is 0 Å². The van der Waals surface area contributed by atoms with E-state index in [-0.39, 0.29) is 18.6 Å². The Balaban J connectivity index is 3.67. The van der Waals surface area contributed by atoms with E-state index in [1.165, 1.54) is 25.7 Å². The lowest BCUT2D eigenvalue weighted by Gasteiger charge is -2.18. The van der Waals surface area contributed by atoms with Gasteiger partial charge in [0.15, 0.2) is 0 Å². The van der Waals surface area contributed by atoms with Crippen LogP contribution in [0, 0.1) is 0 Å². The predicted molar refractivity (Wildman–Crippen MR) is 83.2 cm³/mol. The van der Waals surface area contributed by atoms with E-state index in [0.29, 0.717) is 18.0 Å². The van der Waals surface area contributed by atoms with Gasteiger partial charge in [-0.05, 0) is 13.3 Å². The summed E-state index contributed by atoms with van der Waals surface area (Å²) in [6.07, 6.45) is 6.64. The van der Waals surface area contributed by atoms with Crippen LogP contribution in [-0.4, -0.2) is 42.1 Å². The maximum absolute atomic E-state index is 11.8. The van der Waals surface area contributed by atoms with Crippen LogP contribution in [0.2, 0.25) is 0 Å². The van der Waals surface area contributed by atoms with Crippen LogP contribution in [0.3, 0.4) is 0 Å². The summed E-state index contributed by atoms with van der Waals surface area (Å²) < 4.78 is 5.56. The summed E-state index contributed by atoms with van der Waals surface area (Å²) in [6, 6.07) is 0. The first-order chi connectivity index (χ1) is 8.97. The Bertz CT molecular complexity index is 272. The molecule has 5 heteroatoms. The number of hydrogen-bond donors (Lipinski definition) is 1. The summed E-state index contributed by atoms with van der Waals surface area (Å²) >= 11 is 4.78. The molecule has 0 aromatic rings. The highest BCUT2D eigenvalue weighted by Gasteiger charge is 2.11. The minimum absolute atomic E-state index is 0.0170. The third-order valence-electron chi connectivity index (χ3n) is 3.07. The summed E-state index contributed by atoms with van der Waals surface area (Å²) in [5.41, 5.74) is 5.40. The van der Waals surface area contributed by atoms with Gasteiger partial charge >= 0.3 is 0 Å². The van der Waals surface area contributed by atoms with Crippen LogP contribution in [0.15, 0.2) is 0 Å². The van der Waals surface area contributed by atoms with Crippen LogP contribution in [-0.2, 0) is 9.53 Å². The summed E-state index contributed by atoms with van der Waals surface area (Å²) in [6.45, 7) is 4.92. The molecule has 0 aliphatic rings. The first-order valence-corrected chi connectivity index (χ1v) is 7.52. The highest BCUT2D eigenvalue weighted by Crippen LogP contribution is 2.08. The van der Waals surface area contributed by atoms with Crippen molar-refractivity contribution in [3.63, 3.8) is 0 Å². The molecule has 0 fully saturated rings. The number of rotatable bonds is 11. The first-order valence-electron chi connectivity index (χ1n) is 7.11. The number of thiocarbonyl (C=S) groups is 1. The first kappa shape index (κ1) is 18.3. The minimum atomic E-state index is -0.0170. The van der Waals surface area contributed by atoms with Crippen LogP contribution in [0.1, 0.15) is 52.4 Å². The van der Waals surface area contributed by atoms with Gasteiger partial charge in [-0.25, -0.2) is 0 Å². The molecular weight excluding hydrogens is 260 g/mol. The quantitative estimate of drug-likeness (QED) is 0.469. The van der Waals surface area contributed by atoms with Gasteiger partial charge in [0.05, 0.1) is 11.1 Å². The van der Waals surface area contributed by atoms with Crippen molar-refractivity contribution in [2.75, 3.05) is 20.2 Å². The topological polar surface area (TPSA) is 55.6 Å². The van der Waals surface area contributed by atoms with Gasteiger partial charge in [-0.15, -0.1) is 0 Å². The van der Waals surface area contributed by atoms with E-state index in [2.05, 4.69) is 6.92 Å². The maximum Gasteiger partial charge on any atom is 0.248 e. The van der Waals surface area contributed by atoms with Crippen molar-refractivity contribution in [2.24, 2.45) is 5.73 Å². The highest BCUT2D eigenvalue weighted by atomic mass is 32.1. The highest BCUT2D eigenvalue weighted by molar-refractivity contribution is 7.80. The molecule has 4 nitrogen and oxygen atoms in total. The van der Waals surface area contributed by atoms with E-state index >= 15 is 0 Å². The number of ether oxygens (including phenoxy) is 1. The average Bonchev–Trinajstić information content (AvgIpc) is 2.38. The molecule has 0 radical (unpaired) electrons. The number of carbonyl (C=O) groups excluding carboxylic acids is 1. The van der Waals surface area contributed by atoms with Crippen molar-refractivity contribution >= 4 is 23.1 Å². The van der Waals surface area contributed by atoms with E-state index in [9.17, 15) is 4.79 Å². The van der Waals surface area contributed by atoms with Gasteiger partial charge in [-0.1, -0.05) is 44.8 Å². The van der Waals surface area contributed by atoms with Gasteiger partial charge in [0, 0.05) is 20.0 Å². The molecule has 0 saturated carbocycles. The molecule has 112 valence electrons. The standard InChI is InChI=1S/C14H28N2O2S/c1-4-5-6-7-8-12(2)18-11-14(17)16(3)10-9-13(15)19/h12H,4-11H2,1-3H3,(H2,15,19). The second kappa shape index (κ2) is 11.2. The second-order valence-electron chi connectivity index (χ2n) is 5.00. The van der Waals surface area contributed by atoms with E-state index < -0.39 is 0 Å². The van der Waals surface area contributed by atoms with Crippen molar-refractivity contribution in [2.45, 2.75) is 58.5 Å². The second-order valence-corrected chi connectivity index (χ2v) is 5.53. The molecule has 0 aromatic carbocycles. The van der Waals surface area contributed by atoms with Crippen molar-refractivity contribution in [1.29, 1.82) is 0 Å². The number of hydrogen-bond acceptors (Lipinski definition) is 3. The number of amides is 1. The lowest BCUT2D eigenvalue weighted by atomic mass is 10.1. The SMILES string of the molecule is CCCCCCC(C)OCC(=O)N(C)CCC(N)=S.